The zero-order valence-corrected chi connectivity index (χ0v) is 21.6. The second kappa shape index (κ2) is 12.7. The monoisotopic (exact) mass is 557 g/mol. The van der Waals surface area contributed by atoms with Gasteiger partial charge in [0.1, 0.15) is 12.3 Å². The maximum Gasteiger partial charge on any atom is 0.243 e. The number of amides is 1. The minimum absolute atomic E-state index is 0. The molecule has 0 spiro atoms. The van der Waals surface area contributed by atoms with Gasteiger partial charge in [0, 0.05) is 46.8 Å². The van der Waals surface area contributed by atoms with E-state index in [-0.39, 0.29) is 36.4 Å². The topological polar surface area (TPSA) is 60.4 Å². The number of guanidine groups is 1. The number of methoxy groups -OCH3 is 1. The summed E-state index contributed by atoms with van der Waals surface area (Å²) in [6.07, 6.45) is 0.875. The lowest BCUT2D eigenvalue weighted by atomic mass is 10.1. The van der Waals surface area contributed by atoms with Gasteiger partial charge in [-0.1, -0.05) is 12.1 Å². The fourth-order valence-electron chi connectivity index (χ4n) is 3.25. The Balaban J connectivity index is 0.00000341. The molecule has 2 aromatic rings. The Morgan fingerprint density at radius 2 is 1.87 bits per heavy atom. The number of nitrogens with one attached hydrogen (secondary N) is 1. The van der Waals surface area contributed by atoms with Crippen LogP contribution in [0.3, 0.4) is 0 Å². The van der Waals surface area contributed by atoms with E-state index in [0.717, 1.165) is 50.9 Å². The van der Waals surface area contributed by atoms with E-state index in [1.807, 2.05) is 12.1 Å². The number of hydrogen-bond acceptors (Lipinski definition) is 5. The molecule has 1 N–H and O–H groups in total. The van der Waals surface area contributed by atoms with Crippen LogP contribution in [0.4, 0.5) is 5.00 Å². The number of likely N-dealkylation sites (N-methyl/N-ethyl adjacent to an activating group) is 1. The van der Waals surface area contributed by atoms with E-state index in [1.54, 1.807) is 37.4 Å². The van der Waals surface area contributed by atoms with Gasteiger partial charge in [-0.3, -0.25) is 4.79 Å². The number of anilines is 1. The van der Waals surface area contributed by atoms with E-state index in [9.17, 15) is 4.79 Å². The molecule has 0 saturated carbocycles. The van der Waals surface area contributed by atoms with Gasteiger partial charge in [-0.25, -0.2) is 4.99 Å². The molecule has 9 heteroatoms. The Morgan fingerprint density at radius 1 is 1.16 bits per heavy atom. The minimum Gasteiger partial charge on any atom is -0.497 e. The summed E-state index contributed by atoms with van der Waals surface area (Å²) in [5.74, 6) is 1.67. The van der Waals surface area contributed by atoms with Crippen molar-refractivity contribution in [3.63, 3.8) is 0 Å². The predicted octanol–water partition coefficient (Wildman–Crippen LogP) is 2.77. The average molecular weight is 558 g/mol. The van der Waals surface area contributed by atoms with Crippen molar-refractivity contribution in [3.05, 3.63) is 47.3 Å². The Bertz CT molecular complexity index is 819. The molecule has 1 amide bonds. The first-order valence-corrected chi connectivity index (χ1v) is 11.1. The van der Waals surface area contributed by atoms with Crippen LogP contribution in [0.15, 0.2) is 46.8 Å². The smallest absolute Gasteiger partial charge is 0.243 e. The molecule has 0 unspecified atom stereocenters. The minimum atomic E-state index is 0. The van der Waals surface area contributed by atoms with E-state index < -0.39 is 0 Å². The number of carbonyl (C=O) groups excluding carboxylic acids is 1. The fraction of sp³-hybridized carbons (Fsp3) is 0.455. The number of benzene rings is 1. The number of halogens is 1. The second-order valence-electron chi connectivity index (χ2n) is 7.38. The molecule has 2 heterocycles. The van der Waals surface area contributed by atoms with Crippen LogP contribution in [0.1, 0.15) is 5.56 Å². The van der Waals surface area contributed by atoms with Crippen molar-refractivity contribution in [1.82, 2.24) is 15.1 Å². The van der Waals surface area contributed by atoms with Crippen molar-refractivity contribution in [1.29, 1.82) is 0 Å². The quantitative estimate of drug-likeness (QED) is 0.323. The van der Waals surface area contributed by atoms with Gasteiger partial charge in [0.15, 0.2) is 5.96 Å². The number of nitrogens with zero attached hydrogens (tertiary/aromatic N) is 4. The molecular weight excluding hydrogens is 525 g/mol. The average Bonchev–Trinajstić information content (AvgIpc) is 3.31. The van der Waals surface area contributed by atoms with Crippen molar-refractivity contribution in [3.8, 4) is 5.75 Å². The summed E-state index contributed by atoms with van der Waals surface area (Å²) < 4.78 is 5.22. The molecule has 1 saturated heterocycles. The maximum absolute atomic E-state index is 12.0. The van der Waals surface area contributed by atoms with Crippen LogP contribution in [-0.2, 0) is 11.2 Å². The molecule has 1 aliphatic rings. The highest BCUT2D eigenvalue weighted by Gasteiger charge is 2.20. The summed E-state index contributed by atoms with van der Waals surface area (Å²) in [5.41, 5.74) is 1.23. The zero-order valence-electron chi connectivity index (χ0n) is 18.4. The van der Waals surface area contributed by atoms with E-state index in [1.165, 1.54) is 10.6 Å². The number of piperazine rings is 1. The fourth-order valence-corrected chi connectivity index (χ4v) is 4.04. The van der Waals surface area contributed by atoms with Gasteiger partial charge in [0.2, 0.25) is 5.91 Å². The summed E-state index contributed by atoms with van der Waals surface area (Å²) in [7, 11) is 5.19. The van der Waals surface area contributed by atoms with Gasteiger partial charge in [0.25, 0.3) is 0 Å². The van der Waals surface area contributed by atoms with Gasteiger partial charge in [-0.15, -0.1) is 35.3 Å². The van der Waals surface area contributed by atoms with Crippen molar-refractivity contribution in [2.45, 2.75) is 6.42 Å². The highest BCUT2D eigenvalue weighted by Crippen LogP contribution is 2.22. The van der Waals surface area contributed by atoms with Crippen LogP contribution < -0.4 is 15.0 Å². The van der Waals surface area contributed by atoms with Gasteiger partial charge in [-0.2, -0.15) is 0 Å². The molecule has 0 atom stereocenters. The molecule has 1 fully saturated rings. The Hall–Kier alpha value is -2.01. The van der Waals surface area contributed by atoms with Gasteiger partial charge in [0.05, 0.1) is 12.1 Å². The first-order chi connectivity index (χ1) is 14.6. The Kier molecular flexibility index (Phi) is 10.4. The van der Waals surface area contributed by atoms with Crippen LogP contribution in [-0.4, -0.2) is 82.1 Å². The van der Waals surface area contributed by atoms with Crippen LogP contribution in [0.5, 0.6) is 5.75 Å². The first-order valence-electron chi connectivity index (χ1n) is 10.2. The van der Waals surface area contributed by atoms with Crippen LogP contribution >= 0.6 is 35.3 Å². The number of thiophene rings is 1. The molecule has 1 aromatic heterocycles. The van der Waals surface area contributed by atoms with Crippen molar-refractivity contribution < 1.29 is 9.53 Å². The van der Waals surface area contributed by atoms with E-state index in [4.69, 9.17) is 4.74 Å². The molecule has 31 heavy (non-hydrogen) atoms. The summed E-state index contributed by atoms with van der Waals surface area (Å²) in [4.78, 5) is 22.9. The summed E-state index contributed by atoms with van der Waals surface area (Å²) in [6, 6.07) is 12.4. The van der Waals surface area contributed by atoms with Gasteiger partial charge >= 0.3 is 0 Å². The zero-order chi connectivity index (χ0) is 21.3. The maximum atomic E-state index is 12.0. The predicted molar refractivity (Wildman–Crippen MR) is 139 cm³/mol. The first kappa shape index (κ1) is 25.3. The van der Waals surface area contributed by atoms with Crippen molar-refractivity contribution in [2.24, 2.45) is 4.99 Å². The van der Waals surface area contributed by atoms with Crippen LogP contribution in [0.25, 0.3) is 0 Å². The largest absolute Gasteiger partial charge is 0.497 e. The number of hydrogen-bond donors (Lipinski definition) is 1. The standard InChI is InChI=1S/C22H31N5O2S.HI/c1-25(2)20(28)17-24-22(23-11-10-18-6-8-19(29-3)9-7-18)27-14-12-26(13-15-27)21-5-4-16-30-21;/h4-9,16H,10-15,17H2,1-3H3,(H,23,24);1H. The third-order valence-corrected chi connectivity index (χ3v) is 6.04. The number of rotatable bonds is 7. The number of aliphatic imine (C=N–C) groups is 1. The lowest BCUT2D eigenvalue weighted by molar-refractivity contribution is -0.127. The lowest BCUT2D eigenvalue weighted by Gasteiger charge is -2.37. The second-order valence-corrected chi connectivity index (χ2v) is 8.30. The molecule has 3 rings (SSSR count). The van der Waals surface area contributed by atoms with Crippen molar-refractivity contribution in [2.75, 3.05) is 65.4 Å². The molecule has 7 nitrogen and oxygen atoms in total. The molecule has 0 radical (unpaired) electrons. The SMILES string of the molecule is COc1ccc(CCNC(=NCC(=O)N(C)C)N2CCN(c3cccs3)CC2)cc1.I. The Morgan fingerprint density at radius 3 is 2.45 bits per heavy atom. The molecule has 0 aliphatic carbocycles. The van der Waals surface area contributed by atoms with E-state index >= 15 is 0 Å². The normalized spacial score (nSPS) is 14.1. The van der Waals surface area contributed by atoms with Crippen LogP contribution in [0, 0.1) is 0 Å². The van der Waals surface area contributed by atoms with E-state index in [2.05, 4.69) is 49.8 Å². The summed E-state index contributed by atoms with van der Waals surface area (Å²) >= 11 is 1.77. The summed E-state index contributed by atoms with van der Waals surface area (Å²) in [6.45, 7) is 4.56. The highest BCUT2D eigenvalue weighted by atomic mass is 127. The third kappa shape index (κ3) is 7.57. The molecule has 0 bridgehead atoms. The Labute approximate surface area is 206 Å². The van der Waals surface area contributed by atoms with E-state index in [0.29, 0.717) is 0 Å². The van der Waals surface area contributed by atoms with Gasteiger partial charge < -0.3 is 24.8 Å². The third-order valence-electron chi connectivity index (χ3n) is 5.12. The van der Waals surface area contributed by atoms with Crippen LogP contribution in [0.2, 0.25) is 0 Å². The molecule has 1 aliphatic heterocycles. The number of ether oxygens (including phenoxy) is 1. The molecule has 170 valence electrons. The molecular formula is C22H32IN5O2S. The highest BCUT2D eigenvalue weighted by molar-refractivity contribution is 14.0. The molecule has 1 aromatic carbocycles. The number of carbonyl (C=O) groups is 1. The van der Waals surface area contributed by atoms with Crippen molar-refractivity contribution >= 4 is 52.2 Å². The summed E-state index contributed by atoms with van der Waals surface area (Å²) in [5, 5.41) is 6.89. The van der Waals surface area contributed by atoms with Gasteiger partial charge in [-0.05, 0) is 41.6 Å². The lowest BCUT2D eigenvalue weighted by Crippen LogP contribution is -2.53.